The molecule has 0 spiro atoms. The summed E-state index contributed by atoms with van der Waals surface area (Å²) in [5, 5.41) is 8.00. The van der Waals surface area contributed by atoms with E-state index < -0.39 is 0 Å². The lowest BCUT2D eigenvalue weighted by Crippen LogP contribution is -2.44. The molecule has 8 nitrogen and oxygen atoms in total. The molecule has 1 aromatic carbocycles. The molecule has 3 aliphatic rings. The number of fused-ring (bicyclic) bond motifs is 5. The Balaban J connectivity index is 1.37. The summed E-state index contributed by atoms with van der Waals surface area (Å²) in [4.78, 5) is 25.5. The number of piperidine rings is 1. The highest BCUT2D eigenvalue weighted by Crippen LogP contribution is 2.30. The highest BCUT2D eigenvalue weighted by atomic mass is 16.6. The average molecular weight is 364 g/mol. The molecule has 27 heavy (non-hydrogen) atoms. The van der Waals surface area contributed by atoms with Gasteiger partial charge in [0.15, 0.2) is 0 Å². The third-order valence-corrected chi connectivity index (χ3v) is 5.64. The highest BCUT2D eigenvalue weighted by molar-refractivity contribution is 5.92. The van der Waals surface area contributed by atoms with E-state index >= 15 is 0 Å². The first-order valence-electron chi connectivity index (χ1n) is 9.27. The van der Waals surface area contributed by atoms with Crippen molar-refractivity contribution in [3.63, 3.8) is 0 Å². The van der Waals surface area contributed by atoms with Crippen LogP contribution >= 0.6 is 0 Å². The van der Waals surface area contributed by atoms with Gasteiger partial charge in [-0.15, -0.1) is 0 Å². The van der Waals surface area contributed by atoms with Gasteiger partial charge in [-0.05, 0) is 40.7 Å². The van der Waals surface area contributed by atoms with Crippen LogP contribution in [0.15, 0.2) is 41.4 Å². The van der Waals surface area contributed by atoms with Crippen molar-refractivity contribution in [3.8, 4) is 0 Å². The second kappa shape index (κ2) is 6.70. The molecule has 0 aliphatic carbocycles. The third kappa shape index (κ3) is 3.06. The van der Waals surface area contributed by atoms with Gasteiger partial charge in [-0.1, -0.05) is 12.1 Å². The Morgan fingerprint density at radius 2 is 2.11 bits per heavy atom. The van der Waals surface area contributed by atoms with Crippen LogP contribution in [-0.2, 0) is 6.54 Å². The maximum atomic E-state index is 12.9. The van der Waals surface area contributed by atoms with Crippen molar-refractivity contribution in [3.05, 3.63) is 48.0 Å². The SMILES string of the molecule is O=C(c1cnccn1)N1C[C@H]2CC[C@@H](C1)N(Cc1cccc3nonc13)C2. The number of benzene rings is 1. The Hall–Kier alpha value is -2.87. The lowest BCUT2D eigenvalue weighted by Gasteiger charge is -2.36. The molecule has 3 aliphatic heterocycles. The van der Waals surface area contributed by atoms with E-state index in [4.69, 9.17) is 4.63 Å². The normalized spacial score (nSPS) is 22.9. The summed E-state index contributed by atoms with van der Waals surface area (Å²) in [5.41, 5.74) is 3.15. The summed E-state index contributed by atoms with van der Waals surface area (Å²) in [6.07, 6.45) is 6.96. The Bertz CT molecular complexity index is 959. The van der Waals surface area contributed by atoms with Gasteiger partial charge >= 0.3 is 0 Å². The van der Waals surface area contributed by atoms with Crippen LogP contribution in [0.3, 0.4) is 0 Å². The van der Waals surface area contributed by atoms with E-state index in [0.717, 1.165) is 55.6 Å². The van der Waals surface area contributed by atoms with Gasteiger partial charge in [-0.25, -0.2) is 9.61 Å². The van der Waals surface area contributed by atoms with Gasteiger partial charge in [0.25, 0.3) is 5.91 Å². The fourth-order valence-electron chi connectivity index (χ4n) is 4.32. The molecule has 8 heteroatoms. The zero-order valence-electron chi connectivity index (χ0n) is 14.9. The van der Waals surface area contributed by atoms with Crippen molar-refractivity contribution in [1.29, 1.82) is 0 Å². The van der Waals surface area contributed by atoms with Crippen LogP contribution in [0.5, 0.6) is 0 Å². The smallest absolute Gasteiger partial charge is 0.274 e. The van der Waals surface area contributed by atoms with Crippen LogP contribution in [-0.4, -0.2) is 61.7 Å². The Labute approximate surface area is 156 Å². The van der Waals surface area contributed by atoms with Crippen LogP contribution in [0.4, 0.5) is 0 Å². The second-order valence-corrected chi connectivity index (χ2v) is 7.38. The van der Waals surface area contributed by atoms with Gasteiger partial charge in [-0.2, -0.15) is 0 Å². The molecule has 1 amide bonds. The molecule has 0 radical (unpaired) electrons. The highest BCUT2D eigenvalue weighted by Gasteiger charge is 2.37. The van der Waals surface area contributed by atoms with E-state index in [1.807, 2.05) is 17.0 Å². The van der Waals surface area contributed by atoms with Crippen molar-refractivity contribution < 1.29 is 9.42 Å². The quantitative estimate of drug-likeness (QED) is 0.699. The number of carbonyl (C=O) groups excluding carboxylic acids is 1. The first kappa shape index (κ1) is 16.3. The summed E-state index contributed by atoms with van der Waals surface area (Å²) in [7, 11) is 0. The molecule has 2 aromatic heterocycles. The summed E-state index contributed by atoms with van der Waals surface area (Å²) in [6, 6.07) is 6.31. The molecule has 0 N–H and O–H groups in total. The molecule has 6 rings (SSSR count). The Kier molecular flexibility index (Phi) is 4.05. The second-order valence-electron chi connectivity index (χ2n) is 7.38. The van der Waals surface area contributed by atoms with Crippen LogP contribution in [0.2, 0.25) is 0 Å². The molecule has 5 heterocycles. The first-order valence-corrected chi connectivity index (χ1v) is 9.27. The van der Waals surface area contributed by atoms with Gasteiger partial charge in [0.1, 0.15) is 16.7 Å². The van der Waals surface area contributed by atoms with Gasteiger partial charge in [0.05, 0.1) is 6.20 Å². The molecule has 138 valence electrons. The third-order valence-electron chi connectivity index (χ3n) is 5.64. The van der Waals surface area contributed by atoms with Crippen LogP contribution < -0.4 is 0 Å². The van der Waals surface area contributed by atoms with Crippen LogP contribution in [0.1, 0.15) is 28.9 Å². The lowest BCUT2D eigenvalue weighted by molar-refractivity contribution is 0.0729. The van der Waals surface area contributed by atoms with Gasteiger partial charge in [-0.3, -0.25) is 14.7 Å². The van der Waals surface area contributed by atoms with Crippen molar-refractivity contribution in [2.45, 2.75) is 25.4 Å². The van der Waals surface area contributed by atoms with E-state index in [2.05, 4.69) is 31.2 Å². The Morgan fingerprint density at radius 1 is 1.15 bits per heavy atom. The van der Waals surface area contributed by atoms with Crippen molar-refractivity contribution >= 4 is 16.9 Å². The average Bonchev–Trinajstić information content (AvgIpc) is 3.02. The number of nitrogens with zero attached hydrogens (tertiary/aromatic N) is 6. The molecule has 3 aromatic rings. The predicted molar refractivity (Wildman–Crippen MR) is 96.7 cm³/mol. The number of hydrogen-bond acceptors (Lipinski definition) is 7. The zero-order valence-corrected chi connectivity index (χ0v) is 14.9. The topological polar surface area (TPSA) is 88.3 Å². The number of rotatable bonds is 3. The van der Waals surface area contributed by atoms with Crippen molar-refractivity contribution in [1.82, 2.24) is 30.1 Å². The number of amides is 1. The molecule has 2 bridgehead atoms. The minimum atomic E-state index is -0.0235. The monoisotopic (exact) mass is 364 g/mol. The number of carbonyl (C=O) groups is 1. The number of aromatic nitrogens is 4. The van der Waals surface area contributed by atoms with E-state index in [1.165, 1.54) is 0 Å². The van der Waals surface area contributed by atoms with Gasteiger partial charge in [0.2, 0.25) is 0 Å². The molecule has 3 fully saturated rings. The van der Waals surface area contributed by atoms with Crippen LogP contribution in [0.25, 0.3) is 11.0 Å². The largest absolute Gasteiger partial charge is 0.335 e. The molecular weight excluding hydrogens is 344 g/mol. The summed E-state index contributed by atoms with van der Waals surface area (Å²) in [5.74, 6) is 0.448. The van der Waals surface area contributed by atoms with Gasteiger partial charge < -0.3 is 4.90 Å². The van der Waals surface area contributed by atoms with Crippen molar-refractivity contribution in [2.24, 2.45) is 5.92 Å². The fraction of sp³-hybridized carbons (Fsp3) is 0.421. The van der Waals surface area contributed by atoms with E-state index in [0.29, 0.717) is 17.7 Å². The molecule has 0 saturated carbocycles. The minimum absolute atomic E-state index is 0.0235. The standard InChI is InChI=1S/C19H20N6O2/c26-19(17-8-20-6-7-21-17)25-10-13-4-5-15(12-25)24(9-13)11-14-2-1-3-16-18(14)23-27-22-16/h1-3,6-8,13,15H,4-5,9-12H2/t13-,15-/m0/s1. The van der Waals surface area contributed by atoms with E-state index in [-0.39, 0.29) is 5.91 Å². The Morgan fingerprint density at radius 3 is 3.00 bits per heavy atom. The zero-order chi connectivity index (χ0) is 18.2. The maximum Gasteiger partial charge on any atom is 0.274 e. The van der Waals surface area contributed by atoms with Crippen LogP contribution in [0, 0.1) is 5.92 Å². The molecule has 2 atom stereocenters. The first-order chi connectivity index (χ1) is 13.3. The summed E-state index contributed by atoms with van der Waals surface area (Å²) >= 11 is 0. The summed E-state index contributed by atoms with van der Waals surface area (Å²) in [6.45, 7) is 3.27. The predicted octanol–water partition coefficient (Wildman–Crippen LogP) is 1.75. The van der Waals surface area contributed by atoms with Gasteiger partial charge in [0, 0.05) is 44.6 Å². The molecular formula is C19H20N6O2. The maximum absolute atomic E-state index is 12.9. The fourth-order valence-corrected chi connectivity index (χ4v) is 4.32. The summed E-state index contributed by atoms with van der Waals surface area (Å²) < 4.78 is 4.89. The van der Waals surface area contributed by atoms with Crippen molar-refractivity contribution in [2.75, 3.05) is 19.6 Å². The van der Waals surface area contributed by atoms with E-state index in [1.54, 1.807) is 18.6 Å². The molecule has 0 unspecified atom stereocenters. The molecule has 3 saturated heterocycles. The number of hydrogen-bond donors (Lipinski definition) is 0. The van der Waals surface area contributed by atoms with E-state index in [9.17, 15) is 4.79 Å². The minimum Gasteiger partial charge on any atom is -0.335 e. The lowest BCUT2D eigenvalue weighted by atomic mass is 9.94.